The van der Waals surface area contributed by atoms with Gasteiger partial charge < -0.3 is 10.2 Å². The van der Waals surface area contributed by atoms with E-state index in [-0.39, 0.29) is 0 Å². The Bertz CT molecular complexity index is 627. The number of nitrogens with zero attached hydrogens (tertiary/aromatic N) is 1. The second-order valence-electron chi connectivity index (χ2n) is 5.06. The van der Waals surface area contributed by atoms with Crippen molar-refractivity contribution >= 4 is 17.5 Å². The van der Waals surface area contributed by atoms with E-state index in [1.165, 1.54) is 28.1 Å². The molecule has 19 heavy (non-hydrogen) atoms. The molecule has 0 spiro atoms. The molecule has 0 saturated heterocycles. The van der Waals surface area contributed by atoms with E-state index in [1.54, 1.807) is 0 Å². The molecule has 0 saturated carbocycles. The number of hydrogen-bond acceptors (Lipinski definition) is 2. The number of rotatable bonds is 2. The van der Waals surface area contributed by atoms with Gasteiger partial charge in [-0.25, -0.2) is 0 Å². The Balaban J connectivity index is 2.00. The minimum absolute atomic E-state index is 0.897. The van der Waals surface area contributed by atoms with Crippen LogP contribution in [-0.4, -0.2) is 14.1 Å². The van der Waals surface area contributed by atoms with Gasteiger partial charge in [0.25, 0.3) is 0 Å². The van der Waals surface area contributed by atoms with Crippen molar-refractivity contribution in [2.75, 3.05) is 19.0 Å². The first-order chi connectivity index (χ1) is 9.24. The van der Waals surface area contributed by atoms with Crippen LogP contribution in [0.3, 0.4) is 0 Å². The predicted octanol–water partition coefficient (Wildman–Crippen LogP) is 3.35. The maximum atomic E-state index is 3.50. The molecule has 0 unspecified atom stereocenters. The lowest BCUT2D eigenvalue weighted by Gasteiger charge is -2.20. The number of fused-ring (bicyclic) bond motifs is 1. The first kappa shape index (κ1) is 11.8. The van der Waals surface area contributed by atoms with E-state index in [2.05, 4.69) is 78.9 Å². The van der Waals surface area contributed by atoms with Crippen LogP contribution < -0.4 is 10.2 Å². The molecule has 1 N–H and O–H groups in total. The van der Waals surface area contributed by atoms with E-state index in [1.807, 2.05) is 0 Å². The zero-order valence-corrected chi connectivity index (χ0v) is 11.4. The van der Waals surface area contributed by atoms with Crippen LogP contribution in [0.5, 0.6) is 0 Å². The van der Waals surface area contributed by atoms with Gasteiger partial charge in [-0.2, -0.15) is 0 Å². The van der Waals surface area contributed by atoms with Gasteiger partial charge in [0.2, 0.25) is 0 Å². The summed E-state index contributed by atoms with van der Waals surface area (Å²) in [6.07, 6.45) is 2.23. The minimum atomic E-state index is 0.897. The summed E-state index contributed by atoms with van der Waals surface area (Å²) in [5.74, 6) is 0. The summed E-state index contributed by atoms with van der Waals surface area (Å²) in [6, 6.07) is 17.1. The lowest BCUT2D eigenvalue weighted by Crippen LogP contribution is -2.17. The zero-order valence-electron chi connectivity index (χ0n) is 11.4. The standard InChI is InChI=1S/C17H18N2/c1-19(2)16-9-5-8-14(10-16)17-11-13-6-3-4-7-15(13)12-18-17/h3-11,18H,12H2,1-2H3. The topological polar surface area (TPSA) is 15.3 Å². The molecule has 0 amide bonds. The lowest BCUT2D eigenvalue weighted by atomic mass is 10.00. The summed E-state index contributed by atoms with van der Waals surface area (Å²) in [5, 5.41) is 3.50. The molecule has 1 aliphatic rings. The average molecular weight is 250 g/mol. The fraction of sp³-hybridized carbons (Fsp3) is 0.176. The highest BCUT2D eigenvalue weighted by molar-refractivity contribution is 5.83. The molecule has 1 heterocycles. The molecule has 0 fully saturated rings. The van der Waals surface area contributed by atoms with E-state index in [0.29, 0.717) is 0 Å². The van der Waals surface area contributed by atoms with Crippen LogP contribution in [-0.2, 0) is 6.54 Å². The van der Waals surface area contributed by atoms with Crippen molar-refractivity contribution in [3.8, 4) is 0 Å². The summed E-state index contributed by atoms with van der Waals surface area (Å²) in [5.41, 5.74) is 6.32. The van der Waals surface area contributed by atoms with Crippen molar-refractivity contribution in [2.45, 2.75) is 6.54 Å². The lowest BCUT2D eigenvalue weighted by molar-refractivity contribution is 0.878. The number of benzene rings is 2. The molecule has 0 bridgehead atoms. The fourth-order valence-corrected chi connectivity index (χ4v) is 2.37. The third kappa shape index (κ3) is 2.34. The first-order valence-corrected chi connectivity index (χ1v) is 6.55. The van der Waals surface area contributed by atoms with Crippen LogP contribution in [0.4, 0.5) is 5.69 Å². The van der Waals surface area contributed by atoms with Gasteiger partial charge in [0.15, 0.2) is 0 Å². The van der Waals surface area contributed by atoms with Crippen molar-refractivity contribution in [1.82, 2.24) is 5.32 Å². The summed E-state index contributed by atoms with van der Waals surface area (Å²) in [7, 11) is 4.13. The summed E-state index contributed by atoms with van der Waals surface area (Å²) >= 11 is 0. The number of hydrogen-bond donors (Lipinski definition) is 1. The first-order valence-electron chi connectivity index (χ1n) is 6.55. The van der Waals surface area contributed by atoms with Crippen molar-refractivity contribution in [2.24, 2.45) is 0 Å². The van der Waals surface area contributed by atoms with Gasteiger partial charge in [-0.3, -0.25) is 0 Å². The summed E-state index contributed by atoms with van der Waals surface area (Å²) in [6.45, 7) is 0.897. The van der Waals surface area contributed by atoms with Crippen LogP contribution in [0, 0.1) is 0 Å². The zero-order chi connectivity index (χ0) is 13.2. The highest BCUT2D eigenvalue weighted by Crippen LogP contribution is 2.25. The van der Waals surface area contributed by atoms with Gasteiger partial charge in [-0.15, -0.1) is 0 Å². The molecule has 0 aromatic heterocycles. The monoisotopic (exact) mass is 250 g/mol. The van der Waals surface area contributed by atoms with E-state index >= 15 is 0 Å². The Labute approximate surface area is 114 Å². The van der Waals surface area contributed by atoms with Crippen LogP contribution in [0.1, 0.15) is 16.7 Å². The Morgan fingerprint density at radius 3 is 2.68 bits per heavy atom. The molecule has 2 aromatic rings. The largest absolute Gasteiger partial charge is 0.380 e. The van der Waals surface area contributed by atoms with Crippen LogP contribution in [0.25, 0.3) is 11.8 Å². The van der Waals surface area contributed by atoms with E-state index < -0.39 is 0 Å². The number of anilines is 1. The smallest absolute Gasteiger partial charge is 0.0423 e. The Morgan fingerprint density at radius 1 is 1.00 bits per heavy atom. The molecule has 3 rings (SSSR count). The highest BCUT2D eigenvalue weighted by Gasteiger charge is 2.10. The summed E-state index contributed by atoms with van der Waals surface area (Å²) < 4.78 is 0. The molecule has 1 aliphatic heterocycles. The fourth-order valence-electron chi connectivity index (χ4n) is 2.37. The Hall–Kier alpha value is -2.22. The van der Waals surface area contributed by atoms with Gasteiger partial charge in [0.1, 0.15) is 0 Å². The van der Waals surface area contributed by atoms with Crippen LogP contribution in [0.15, 0.2) is 48.5 Å². The average Bonchev–Trinajstić information content (AvgIpc) is 2.47. The molecular formula is C17H18N2. The van der Waals surface area contributed by atoms with Gasteiger partial charge in [-0.1, -0.05) is 36.4 Å². The molecule has 2 heteroatoms. The van der Waals surface area contributed by atoms with E-state index in [9.17, 15) is 0 Å². The Kier molecular flexibility index (Phi) is 3.00. The van der Waals surface area contributed by atoms with Crippen molar-refractivity contribution in [3.63, 3.8) is 0 Å². The van der Waals surface area contributed by atoms with E-state index in [0.717, 1.165) is 6.54 Å². The van der Waals surface area contributed by atoms with Crippen molar-refractivity contribution < 1.29 is 0 Å². The third-order valence-electron chi connectivity index (χ3n) is 3.50. The van der Waals surface area contributed by atoms with Gasteiger partial charge in [0.05, 0.1) is 0 Å². The van der Waals surface area contributed by atoms with Gasteiger partial charge in [0, 0.05) is 32.0 Å². The van der Waals surface area contributed by atoms with Crippen molar-refractivity contribution in [3.05, 3.63) is 65.2 Å². The highest BCUT2D eigenvalue weighted by atomic mass is 15.1. The second-order valence-corrected chi connectivity index (χ2v) is 5.06. The maximum absolute atomic E-state index is 3.50. The Morgan fingerprint density at radius 2 is 1.84 bits per heavy atom. The maximum Gasteiger partial charge on any atom is 0.0423 e. The molecule has 0 aliphatic carbocycles. The number of nitrogens with one attached hydrogen (secondary N) is 1. The normalized spacial score (nSPS) is 13.3. The summed E-state index contributed by atoms with van der Waals surface area (Å²) in [4.78, 5) is 2.13. The molecule has 96 valence electrons. The van der Waals surface area contributed by atoms with Crippen molar-refractivity contribution in [1.29, 1.82) is 0 Å². The van der Waals surface area contributed by atoms with Crippen LogP contribution >= 0.6 is 0 Å². The second kappa shape index (κ2) is 4.81. The van der Waals surface area contributed by atoms with Crippen LogP contribution in [0.2, 0.25) is 0 Å². The molecule has 2 nitrogen and oxygen atoms in total. The third-order valence-corrected chi connectivity index (χ3v) is 3.50. The quantitative estimate of drug-likeness (QED) is 0.879. The van der Waals surface area contributed by atoms with E-state index in [4.69, 9.17) is 0 Å². The predicted molar refractivity (Wildman–Crippen MR) is 81.9 cm³/mol. The molecule has 0 radical (unpaired) electrons. The molecular weight excluding hydrogens is 232 g/mol. The molecule has 2 aromatic carbocycles. The van der Waals surface area contributed by atoms with Gasteiger partial charge in [-0.05, 0) is 34.9 Å². The molecule has 0 atom stereocenters. The van der Waals surface area contributed by atoms with Gasteiger partial charge >= 0.3 is 0 Å². The SMILES string of the molecule is CN(C)c1cccc(C2=Cc3ccccc3CN2)c1. The minimum Gasteiger partial charge on any atom is -0.380 e.